The van der Waals surface area contributed by atoms with Crippen molar-refractivity contribution < 1.29 is 4.79 Å². The van der Waals surface area contributed by atoms with Crippen LogP contribution in [-0.4, -0.2) is 34.3 Å². The van der Waals surface area contributed by atoms with E-state index in [1.165, 1.54) is 0 Å². The molecule has 0 saturated carbocycles. The van der Waals surface area contributed by atoms with Gasteiger partial charge in [-0.05, 0) is 13.0 Å². The predicted octanol–water partition coefficient (Wildman–Crippen LogP) is 0.581. The Morgan fingerprint density at radius 1 is 1.71 bits per heavy atom. The quantitative estimate of drug-likeness (QED) is 0.768. The van der Waals surface area contributed by atoms with Crippen LogP contribution in [0.25, 0.3) is 0 Å². The molecule has 5 nitrogen and oxygen atoms in total. The van der Waals surface area contributed by atoms with Crippen LogP contribution in [0.3, 0.4) is 0 Å². The fourth-order valence-electron chi connectivity index (χ4n) is 1.02. The predicted molar refractivity (Wildman–Crippen MR) is 53.7 cm³/mol. The fourth-order valence-corrected chi connectivity index (χ4v) is 1.02. The molecule has 14 heavy (non-hydrogen) atoms. The highest BCUT2D eigenvalue weighted by molar-refractivity contribution is 5.73. The minimum atomic E-state index is -0.0614. The second-order valence-electron chi connectivity index (χ2n) is 3.12. The SMILES string of the molecule is CCN(C)C(=O)NCc1ccnn1C. The lowest BCUT2D eigenvalue weighted by atomic mass is 10.4. The molecule has 0 fully saturated rings. The molecule has 1 heterocycles. The van der Waals surface area contributed by atoms with Gasteiger partial charge in [0.2, 0.25) is 0 Å². The fraction of sp³-hybridized carbons (Fsp3) is 0.556. The highest BCUT2D eigenvalue weighted by Gasteiger charge is 2.06. The number of urea groups is 1. The monoisotopic (exact) mass is 196 g/mol. The third-order valence-electron chi connectivity index (χ3n) is 2.16. The number of hydrogen-bond acceptors (Lipinski definition) is 2. The summed E-state index contributed by atoms with van der Waals surface area (Å²) in [4.78, 5) is 13.0. The van der Waals surface area contributed by atoms with Crippen LogP contribution < -0.4 is 5.32 Å². The molecular formula is C9H16N4O. The zero-order valence-corrected chi connectivity index (χ0v) is 8.82. The standard InChI is InChI=1S/C9H16N4O/c1-4-12(2)9(14)10-7-8-5-6-11-13(8)3/h5-6H,4,7H2,1-3H3,(H,10,14). The van der Waals surface area contributed by atoms with Gasteiger partial charge in [-0.25, -0.2) is 4.79 Å². The Kier molecular flexibility index (Phi) is 3.50. The average molecular weight is 196 g/mol. The maximum atomic E-state index is 11.4. The van der Waals surface area contributed by atoms with Gasteiger partial charge in [-0.3, -0.25) is 4.68 Å². The minimum Gasteiger partial charge on any atom is -0.332 e. The van der Waals surface area contributed by atoms with E-state index in [1.54, 1.807) is 22.8 Å². The van der Waals surface area contributed by atoms with Gasteiger partial charge in [-0.2, -0.15) is 5.10 Å². The van der Waals surface area contributed by atoms with Crippen molar-refractivity contribution in [2.75, 3.05) is 13.6 Å². The smallest absolute Gasteiger partial charge is 0.317 e. The van der Waals surface area contributed by atoms with Gasteiger partial charge in [0, 0.05) is 26.8 Å². The molecule has 5 heteroatoms. The zero-order chi connectivity index (χ0) is 10.6. The molecule has 1 N–H and O–H groups in total. The largest absolute Gasteiger partial charge is 0.332 e. The number of aromatic nitrogens is 2. The molecule has 0 saturated heterocycles. The Bertz CT molecular complexity index is 308. The van der Waals surface area contributed by atoms with Crippen molar-refractivity contribution in [1.29, 1.82) is 0 Å². The zero-order valence-electron chi connectivity index (χ0n) is 8.82. The van der Waals surface area contributed by atoms with Crippen molar-refractivity contribution in [1.82, 2.24) is 20.0 Å². The van der Waals surface area contributed by atoms with Crippen molar-refractivity contribution in [3.63, 3.8) is 0 Å². The van der Waals surface area contributed by atoms with E-state index in [0.29, 0.717) is 13.1 Å². The van der Waals surface area contributed by atoms with Gasteiger partial charge in [-0.15, -0.1) is 0 Å². The van der Waals surface area contributed by atoms with Gasteiger partial charge >= 0.3 is 6.03 Å². The first kappa shape index (κ1) is 10.6. The number of rotatable bonds is 3. The second kappa shape index (κ2) is 4.64. The van der Waals surface area contributed by atoms with Crippen LogP contribution >= 0.6 is 0 Å². The van der Waals surface area contributed by atoms with Gasteiger partial charge in [0.25, 0.3) is 0 Å². The summed E-state index contributed by atoms with van der Waals surface area (Å²) >= 11 is 0. The van der Waals surface area contributed by atoms with Gasteiger partial charge in [0.05, 0.1) is 12.2 Å². The highest BCUT2D eigenvalue weighted by atomic mass is 16.2. The summed E-state index contributed by atoms with van der Waals surface area (Å²) in [6.07, 6.45) is 1.71. The van der Waals surface area contributed by atoms with E-state index in [2.05, 4.69) is 10.4 Å². The van der Waals surface area contributed by atoms with Gasteiger partial charge < -0.3 is 10.2 Å². The molecule has 0 bridgehead atoms. The maximum absolute atomic E-state index is 11.4. The molecule has 1 rings (SSSR count). The van der Waals surface area contributed by atoms with E-state index < -0.39 is 0 Å². The first-order valence-electron chi connectivity index (χ1n) is 4.61. The summed E-state index contributed by atoms with van der Waals surface area (Å²) in [5.74, 6) is 0. The van der Waals surface area contributed by atoms with Gasteiger partial charge in [0.1, 0.15) is 0 Å². The summed E-state index contributed by atoms with van der Waals surface area (Å²) in [6.45, 7) is 3.15. The molecular weight excluding hydrogens is 180 g/mol. The lowest BCUT2D eigenvalue weighted by Gasteiger charge is -2.15. The summed E-state index contributed by atoms with van der Waals surface area (Å²) in [5, 5.41) is 6.81. The van der Waals surface area contributed by atoms with Crippen molar-refractivity contribution >= 4 is 6.03 Å². The summed E-state index contributed by atoms with van der Waals surface area (Å²) in [6, 6.07) is 1.82. The third kappa shape index (κ3) is 2.48. The Morgan fingerprint density at radius 3 is 2.93 bits per heavy atom. The summed E-state index contributed by atoms with van der Waals surface area (Å²) in [5.41, 5.74) is 0.989. The number of hydrogen-bond donors (Lipinski definition) is 1. The summed E-state index contributed by atoms with van der Waals surface area (Å²) < 4.78 is 1.74. The Labute approximate surface area is 83.7 Å². The Balaban J connectivity index is 2.41. The van der Waals surface area contributed by atoms with Crippen LogP contribution in [0.15, 0.2) is 12.3 Å². The molecule has 1 aromatic rings. The molecule has 0 unspecified atom stereocenters. The molecule has 0 aliphatic heterocycles. The van der Waals surface area contributed by atoms with E-state index in [-0.39, 0.29) is 6.03 Å². The molecule has 2 amide bonds. The van der Waals surface area contributed by atoms with Crippen molar-refractivity contribution in [3.05, 3.63) is 18.0 Å². The number of carbonyl (C=O) groups is 1. The molecule has 0 atom stereocenters. The summed E-state index contributed by atoms with van der Waals surface area (Å²) in [7, 11) is 3.61. The van der Waals surface area contributed by atoms with Crippen molar-refractivity contribution in [3.8, 4) is 0 Å². The normalized spacial score (nSPS) is 9.93. The average Bonchev–Trinajstić information content (AvgIpc) is 2.59. The van der Waals surface area contributed by atoms with Crippen LogP contribution in [0.5, 0.6) is 0 Å². The topological polar surface area (TPSA) is 50.2 Å². The van der Waals surface area contributed by atoms with Crippen LogP contribution in [0, 0.1) is 0 Å². The van der Waals surface area contributed by atoms with E-state index in [9.17, 15) is 4.79 Å². The second-order valence-corrected chi connectivity index (χ2v) is 3.12. The van der Waals surface area contributed by atoms with E-state index in [4.69, 9.17) is 0 Å². The number of nitrogens with one attached hydrogen (secondary N) is 1. The maximum Gasteiger partial charge on any atom is 0.317 e. The first-order valence-corrected chi connectivity index (χ1v) is 4.61. The van der Waals surface area contributed by atoms with Crippen LogP contribution in [0.1, 0.15) is 12.6 Å². The van der Waals surface area contributed by atoms with Crippen molar-refractivity contribution in [2.45, 2.75) is 13.5 Å². The van der Waals surface area contributed by atoms with Crippen LogP contribution in [-0.2, 0) is 13.6 Å². The molecule has 0 spiro atoms. The highest BCUT2D eigenvalue weighted by Crippen LogP contribution is 1.95. The van der Waals surface area contributed by atoms with Crippen LogP contribution in [0.4, 0.5) is 4.79 Å². The molecule has 78 valence electrons. The van der Waals surface area contributed by atoms with Crippen LogP contribution in [0.2, 0.25) is 0 Å². The Hall–Kier alpha value is -1.52. The number of nitrogens with zero attached hydrogens (tertiary/aromatic N) is 3. The molecule has 0 aliphatic carbocycles. The molecule has 0 radical (unpaired) electrons. The number of aryl methyl sites for hydroxylation is 1. The van der Waals surface area contributed by atoms with E-state index in [0.717, 1.165) is 5.69 Å². The van der Waals surface area contributed by atoms with E-state index >= 15 is 0 Å². The Morgan fingerprint density at radius 2 is 2.43 bits per heavy atom. The number of carbonyl (C=O) groups excluding carboxylic acids is 1. The lowest BCUT2D eigenvalue weighted by Crippen LogP contribution is -2.36. The van der Waals surface area contributed by atoms with Gasteiger partial charge in [0.15, 0.2) is 0 Å². The number of amides is 2. The molecule has 0 aromatic carbocycles. The molecule has 0 aliphatic rings. The van der Waals surface area contributed by atoms with Gasteiger partial charge in [-0.1, -0.05) is 0 Å². The molecule has 1 aromatic heterocycles. The third-order valence-corrected chi connectivity index (χ3v) is 2.16. The van der Waals surface area contributed by atoms with Crippen molar-refractivity contribution in [2.24, 2.45) is 7.05 Å². The lowest BCUT2D eigenvalue weighted by molar-refractivity contribution is 0.210. The minimum absolute atomic E-state index is 0.0614. The first-order chi connectivity index (χ1) is 6.65. The van der Waals surface area contributed by atoms with E-state index in [1.807, 2.05) is 20.0 Å².